The molecule has 0 saturated carbocycles. The number of nitrogens with zero attached hydrogens (tertiary/aromatic N) is 3. The van der Waals surface area contributed by atoms with Crippen LogP contribution in [-0.4, -0.2) is 28.7 Å². The van der Waals surface area contributed by atoms with E-state index >= 15 is 0 Å². The van der Waals surface area contributed by atoms with E-state index in [0.717, 1.165) is 5.56 Å². The maximum Gasteiger partial charge on any atom is 0.416 e. The van der Waals surface area contributed by atoms with Crippen LogP contribution >= 0.6 is 0 Å². The Morgan fingerprint density at radius 1 is 1.31 bits per heavy atom. The minimum Gasteiger partial charge on any atom is -0.443 e. The van der Waals surface area contributed by atoms with Gasteiger partial charge in [0.25, 0.3) is 0 Å². The van der Waals surface area contributed by atoms with E-state index in [2.05, 4.69) is 9.97 Å². The Labute approximate surface area is 95.5 Å². The molecule has 0 atom stereocenters. The van der Waals surface area contributed by atoms with Gasteiger partial charge in [0.1, 0.15) is 5.60 Å². The van der Waals surface area contributed by atoms with Crippen molar-refractivity contribution < 1.29 is 9.53 Å². The first-order chi connectivity index (χ1) is 7.29. The summed E-state index contributed by atoms with van der Waals surface area (Å²) in [6.45, 7) is 7.33. The molecule has 0 aliphatic heterocycles. The molecular formula is C11H17N3O2. The normalized spacial score (nSPS) is 11.1. The van der Waals surface area contributed by atoms with Gasteiger partial charge in [-0.15, -0.1) is 0 Å². The van der Waals surface area contributed by atoms with E-state index in [1.807, 2.05) is 27.7 Å². The lowest BCUT2D eigenvalue weighted by Gasteiger charge is -2.23. The highest BCUT2D eigenvalue weighted by molar-refractivity contribution is 5.84. The van der Waals surface area contributed by atoms with E-state index < -0.39 is 11.7 Å². The Hall–Kier alpha value is -1.65. The minimum absolute atomic E-state index is 0.333. The van der Waals surface area contributed by atoms with Gasteiger partial charge in [-0.1, -0.05) is 0 Å². The van der Waals surface area contributed by atoms with E-state index in [1.54, 1.807) is 19.4 Å². The van der Waals surface area contributed by atoms with Crippen LogP contribution in [0.3, 0.4) is 0 Å². The fourth-order valence-corrected chi connectivity index (χ4v) is 0.971. The molecule has 88 valence electrons. The van der Waals surface area contributed by atoms with Crippen molar-refractivity contribution in [1.82, 2.24) is 9.97 Å². The van der Waals surface area contributed by atoms with E-state index in [0.29, 0.717) is 5.95 Å². The standard InChI is InChI=1S/C11H17N3O2/c1-8-6-12-9(13-7-8)14(5)10(15)16-11(2,3)4/h6-7H,1-5H3. The molecule has 16 heavy (non-hydrogen) atoms. The number of carbonyl (C=O) groups is 1. The molecule has 5 nitrogen and oxygen atoms in total. The molecule has 0 aliphatic rings. The van der Waals surface area contributed by atoms with Gasteiger partial charge in [-0.2, -0.15) is 0 Å². The van der Waals surface area contributed by atoms with Crippen LogP contribution in [0.5, 0.6) is 0 Å². The first-order valence-corrected chi connectivity index (χ1v) is 5.05. The largest absolute Gasteiger partial charge is 0.443 e. The molecule has 0 saturated heterocycles. The van der Waals surface area contributed by atoms with Crippen molar-refractivity contribution in [1.29, 1.82) is 0 Å². The van der Waals surface area contributed by atoms with Gasteiger partial charge in [-0.3, -0.25) is 0 Å². The van der Waals surface area contributed by atoms with Crippen molar-refractivity contribution in [2.45, 2.75) is 33.3 Å². The number of hydrogen-bond acceptors (Lipinski definition) is 4. The SMILES string of the molecule is Cc1cnc(N(C)C(=O)OC(C)(C)C)nc1. The monoisotopic (exact) mass is 223 g/mol. The number of aryl methyl sites for hydroxylation is 1. The molecule has 1 aromatic rings. The van der Waals surface area contributed by atoms with Crippen LogP contribution in [0.2, 0.25) is 0 Å². The molecule has 1 amide bonds. The lowest BCUT2D eigenvalue weighted by Crippen LogP contribution is -2.35. The molecule has 1 heterocycles. The van der Waals surface area contributed by atoms with E-state index in [1.165, 1.54) is 4.90 Å². The number of rotatable bonds is 1. The molecule has 5 heteroatoms. The third-order valence-corrected chi connectivity index (χ3v) is 1.73. The lowest BCUT2D eigenvalue weighted by atomic mass is 10.2. The molecular weight excluding hydrogens is 206 g/mol. The fourth-order valence-electron chi connectivity index (χ4n) is 0.971. The lowest BCUT2D eigenvalue weighted by molar-refractivity contribution is 0.0587. The van der Waals surface area contributed by atoms with Gasteiger partial charge in [0.05, 0.1) is 0 Å². The minimum atomic E-state index is -0.518. The first-order valence-electron chi connectivity index (χ1n) is 5.05. The fraction of sp³-hybridized carbons (Fsp3) is 0.545. The van der Waals surface area contributed by atoms with Crippen LogP contribution in [0.15, 0.2) is 12.4 Å². The second kappa shape index (κ2) is 4.47. The number of amides is 1. The first kappa shape index (κ1) is 12.4. The molecule has 0 spiro atoms. The summed E-state index contributed by atoms with van der Waals surface area (Å²) in [5, 5.41) is 0. The van der Waals surface area contributed by atoms with Gasteiger partial charge < -0.3 is 4.74 Å². The predicted molar refractivity (Wildman–Crippen MR) is 61.4 cm³/mol. The van der Waals surface area contributed by atoms with Crippen LogP contribution in [-0.2, 0) is 4.74 Å². The molecule has 0 fully saturated rings. The van der Waals surface area contributed by atoms with Crippen LogP contribution < -0.4 is 4.90 Å². The van der Waals surface area contributed by atoms with Gasteiger partial charge in [-0.25, -0.2) is 19.7 Å². The van der Waals surface area contributed by atoms with Crippen LogP contribution in [0.4, 0.5) is 10.7 Å². The zero-order valence-corrected chi connectivity index (χ0v) is 10.3. The van der Waals surface area contributed by atoms with Gasteiger partial charge in [-0.05, 0) is 33.3 Å². The van der Waals surface area contributed by atoms with E-state index in [-0.39, 0.29) is 0 Å². The highest BCUT2D eigenvalue weighted by Gasteiger charge is 2.21. The highest BCUT2D eigenvalue weighted by Crippen LogP contribution is 2.12. The van der Waals surface area contributed by atoms with Gasteiger partial charge >= 0.3 is 6.09 Å². The van der Waals surface area contributed by atoms with Crippen molar-refractivity contribution >= 4 is 12.0 Å². The summed E-state index contributed by atoms with van der Waals surface area (Å²) in [5.41, 5.74) is 0.428. The smallest absolute Gasteiger partial charge is 0.416 e. The topological polar surface area (TPSA) is 55.3 Å². The second-order valence-electron chi connectivity index (χ2n) is 4.60. The Morgan fingerprint density at radius 2 is 1.81 bits per heavy atom. The maximum atomic E-state index is 11.7. The molecule has 0 radical (unpaired) electrons. The van der Waals surface area contributed by atoms with Crippen LogP contribution in [0.25, 0.3) is 0 Å². The summed E-state index contributed by atoms with van der Waals surface area (Å²) in [5.74, 6) is 0.333. The average Bonchev–Trinajstić information content (AvgIpc) is 2.15. The summed E-state index contributed by atoms with van der Waals surface area (Å²) in [6.07, 6.45) is 2.85. The molecule has 0 aliphatic carbocycles. The highest BCUT2D eigenvalue weighted by atomic mass is 16.6. The van der Waals surface area contributed by atoms with Crippen molar-refractivity contribution in [3.8, 4) is 0 Å². The van der Waals surface area contributed by atoms with Gasteiger partial charge in [0.15, 0.2) is 0 Å². The summed E-state index contributed by atoms with van der Waals surface area (Å²) in [6, 6.07) is 0. The van der Waals surface area contributed by atoms with E-state index in [9.17, 15) is 4.79 Å². The number of ether oxygens (including phenoxy) is 1. The molecule has 0 unspecified atom stereocenters. The Balaban J connectivity index is 2.74. The van der Waals surface area contributed by atoms with Crippen molar-refractivity contribution in [3.63, 3.8) is 0 Å². The zero-order chi connectivity index (χ0) is 12.3. The summed E-state index contributed by atoms with van der Waals surface area (Å²) in [7, 11) is 1.58. The van der Waals surface area contributed by atoms with Crippen molar-refractivity contribution in [2.24, 2.45) is 0 Å². The number of hydrogen-bond donors (Lipinski definition) is 0. The number of anilines is 1. The molecule has 0 bridgehead atoms. The molecule has 0 N–H and O–H groups in total. The van der Waals surface area contributed by atoms with Crippen molar-refractivity contribution in [2.75, 3.05) is 11.9 Å². The zero-order valence-electron chi connectivity index (χ0n) is 10.3. The second-order valence-corrected chi connectivity index (χ2v) is 4.60. The predicted octanol–water partition coefficient (Wildman–Crippen LogP) is 2.16. The number of aromatic nitrogens is 2. The summed E-state index contributed by atoms with van der Waals surface area (Å²) in [4.78, 5) is 21.0. The Morgan fingerprint density at radius 3 is 2.25 bits per heavy atom. The molecule has 1 aromatic heterocycles. The maximum absolute atomic E-state index is 11.7. The molecule has 1 rings (SSSR count). The van der Waals surface area contributed by atoms with Gasteiger partial charge in [0, 0.05) is 19.4 Å². The Bertz CT molecular complexity index is 368. The molecule has 0 aromatic carbocycles. The Kier molecular flexibility index (Phi) is 3.47. The third-order valence-electron chi connectivity index (χ3n) is 1.73. The summed E-state index contributed by atoms with van der Waals surface area (Å²) < 4.78 is 5.19. The quantitative estimate of drug-likeness (QED) is 0.732. The number of carbonyl (C=O) groups excluding carboxylic acids is 1. The van der Waals surface area contributed by atoms with Crippen molar-refractivity contribution in [3.05, 3.63) is 18.0 Å². The van der Waals surface area contributed by atoms with Crippen LogP contribution in [0, 0.1) is 6.92 Å². The van der Waals surface area contributed by atoms with Crippen LogP contribution in [0.1, 0.15) is 26.3 Å². The van der Waals surface area contributed by atoms with E-state index in [4.69, 9.17) is 4.74 Å². The third kappa shape index (κ3) is 3.49. The average molecular weight is 223 g/mol. The summed E-state index contributed by atoms with van der Waals surface area (Å²) >= 11 is 0. The van der Waals surface area contributed by atoms with Gasteiger partial charge in [0.2, 0.25) is 5.95 Å².